The average molecular weight is 341 g/mol. The number of hydrogen-bond donors (Lipinski definition) is 1. The van der Waals surface area contributed by atoms with Crippen LogP contribution in [0.3, 0.4) is 0 Å². The molecule has 0 radical (unpaired) electrons. The molecule has 1 N–H and O–H groups in total. The van der Waals surface area contributed by atoms with Crippen LogP contribution in [-0.4, -0.2) is 27.0 Å². The number of H-pyrrole nitrogens is 1. The smallest absolute Gasteiger partial charge is 0.275 e. The van der Waals surface area contributed by atoms with E-state index in [0.29, 0.717) is 30.1 Å². The van der Waals surface area contributed by atoms with Gasteiger partial charge in [-0.15, -0.1) is 0 Å². The van der Waals surface area contributed by atoms with Crippen LogP contribution in [0.5, 0.6) is 0 Å². The summed E-state index contributed by atoms with van der Waals surface area (Å²) in [5, 5.41) is 7.26. The molecule has 0 saturated heterocycles. The maximum atomic E-state index is 12.9. The van der Waals surface area contributed by atoms with E-state index < -0.39 is 0 Å². The van der Waals surface area contributed by atoms with Crippen molar-refractivity contribution >= 4 is 5.91 Å². The molecule has 2 saturated carbocycles. The third-order valence-corrected chi connectivity index (χ3v) is 5.21. The lowest BCUT2D eigenvalue weighted by Gasteiger charge is -2.20. The van der Waals surface area contributed by atoms with E-state index in [1.807, 2.05) is 17.0 Å². The van der Waals surface area contributed by atoms with Gasteiger partial charge in [0.05, 0.1) is 6.54 Å². The molecule has 2 aromatic heterocycles. The van der Waals surface area contributed by atoms with Crippen molar-refractivity contribution in [3.05, 3.63) is 41.1 Å². The molecule has 2 fully saturated rings. The van der Waals surface area contributed by atoms with Crippen molar-refractivity contribution in [1.29, 1.82) is 0 Å². The molecule has 2 aliphatic rings. The average Bonchev–Trinajstić information content (AvgIpc) is 3.44. The zero-order valence-electron chi connectivity index (χ0n) is 15.3. The van der Waals surface area contributed by atoms with Crippen LogP contribution in [0.4, 0.5) is 0 Å². The van der Waals surface area contributed by atoms with E-state index in [2.05, 4.69) is 37.0 Å². The Morgan fingerprint density at radius 1 is 1.40 bits per heavy atom. The molecule has 0 aliphatic heterocycles. The minimum absolute atomic E-state index is 0.00601. The van der Waals surface area contributed by atoms with Gasteiger partial charge in [-0.05, 0) is 55.7 Å². The van der Waals surface area contributed by atoms with Gasteiger partial charge in [0.25, 0.3) is 5.91 Å². The fourth-order valence-electron chi connectivity index (χ4n) is 3.48. The van der Waals surface area contributed by atoms with E-state index in [1.165, 1.54) is 6.42 Å². The largest absolute Gasteiger partial charge is 0.464 e. The standard InChI is InChI=1S/C20H27N3O2/c1-12(2)8-14-10-18(22-21-14)20(24)23(15-4-5-15)11-16-6-7-19(25-16)17-9-13(17)3/h6-7,10,12-13,15,17H,4-5,8-9,11H2,1-3H3,(H,21,22). The molecule has 4 rings (SSSR count). The van der Waals surface area contributed by atoms with Crippen molar-refractivity contribution in [1.82, 2.24) is 15.1 Å². The van der Waals surface area contributed by atoms with Crippen LogP contribution in [-0.2, 0) is 13.0 Å². The summed E-state index contributed by atoms with van der Waals surface area (Å²) < 4.78 is 6.01. The highest BCUT2D eigenvalue weighted by Gasteiger charge is 2.38. The topological polar surface area (TPSA) is 62.1 Å². The molecule has 5 heteroatoms. The molecule has 25 heavy (non-hydrogen) atoms. The van der Waals surface area contributed by atoms with E-state index in [1.54, 1.807) is 0 Å². The van der Waals surface area contributed by atoms with Crippen LogP contribution in [0.25, 0.3) is 0 Å². The Balaban J connectivity index is 1.46. The van der Waals surface area contributed by atoms with Crippen molar-refractivity contribution in [2.75, 3.05) is 0 Å². The predicted octanol–water partition coefficient (Wildman–Crippen LogP) is 4.13. The van der Waals surface area contributed by atoms with Gasteiger partial charge in [0, 0.05) is 17.7 Å². The van der Waals surface area contributed by atoms with Crippen LogP contribution >= 0.6 is 0 Å². The number of amides is 1. The lowest BCUT2D eigenvalue weighted by molar-refractivity contribution is 0.0710. The lowest BCUT2D eigenvalue weighted by atomic mass is 10.1. The number of nitrogens with zero attached hydrogens (tertiary/aromatic N) is 2. The Bertz CT molecular complexity index is 757. The van der Waals surface area contributed by atoms with Crippen LogP contribution < -0.4 is 0 Å². The summed E-state index contributed by atoms with van der Waals surface area (Å²) >= 11 is 0. The monoisotopic (exact) mass is 341 g/mol. The first kappa shape index (κ1) is 16.4. The lowest BCUT2D eigenvalue weighted by Crippen LogP contribution is -2.32. The third-order valence-electron chi connectivity index (χ3n) is 5.21. The minimum atomic E-state index is 0.00601. The van der Waals surface area contributed by atoms with E-state index in [4.69, 9.17) is 4.42 Å². The summed E-state index contributed by atoms with van der Waals surface area (Å²) in [6.07, 6.45) is 4.26. The van der Waals surface area contributed by atoms with Crippen molar-refractivity contribution in [3.8, 4) is 0 Å². The summed E-state index contributed by atoms with van der Waals surface area (Å²) in [4.78, 5) is 14.9. The van der Waals surface area contributed by atoms with Crippen LogP contribution in [0, 0.1) is 11.8 Å². The Kier molecular flexibility index (Phi) is 4.18. The molecule has 1 amide bonds. The Morgan fingerprint density at radius 3 is 2.80 bits per heavy atom. The highest BCUT2D eigenvalue weighted by atomic mass is 16.3. The quantitative estimate of drug-likeness (QED) is 0.823. The SMILES string of the molecule is CC(C)Cc1cc(C(=O)N(Cc2ccc(C3CC3C)o2)C2CC2)n[nH]1. The highest BCUT2D eigenvalue weighted by Crippen LogP contribution is 2.47. The zero-order chi connectivity index (χ0) is 17.6. The van der Waals surface area contributed by atoms with Crippen molar-refractivity contribution < 1.29 is 9.21 Å². The number of nitrogens with one attached hydrogen (secondary N) is 1. The van der Waals surface area contributed by atoms with E-state index in [9.17, 15) is 4.79 Å². The van der Waals surface area contributed by atoms with Gasteiger partial charge >= 0.3 is 0 Å². The van der Waals surface area contributed by atoms with Gasteiger partial charge < -0.3 is 9.32 Å². The molecular formula is C20H27N3O2. The molecule has 134 valence electrons. The normalized spacial score (nSPS) is 22.4. The number of aromatic amines is 1. The van der Waals surface area contributed by atoms with Gasteiger partial charge in [-0.2, -0.15) is 5.10 Å². The summed E-state index contributed by atoms with van der Waals surface area (Å²) in [5.74, 6) is 3.80. The van der Waals surface area contributed by atoms with Gasteiger partial charge in [-0.25, -0.2) is 0 Å². The first-order valence-corrected chi connectivity index (χ1v) is 9.45. The molecule has 2 aromatic rings. The molecule has 0 bridgehead atoms. The number of carbonyl (C=O) groups excluding carboxylic acids is 1. The fourth-order valence-corrected chi connectivity index (χ4v) is 3.48. The molecule has 0 spiro atoms. The fraction of sp³-hybridized carbons (Fsp3) is 0.600. The minimum Gasteiger partial charge on any atom is -0.464 e. The second kappa shape index (κ2) is 6.36. The summed E-state index contributed by atoms with van der Waals surface area (Å²) in [6.45, 7) is 7.11. The van der Waals surface area contributed by atoms with Crippen molar-refractivity contribution in [3.63, 3.8) is 0 Å². The number of furan rings is 1. The maximum absolute atomic E-state index is 12.9. The zero-order valence-corrected chi connectivity index (χ0v) is 15.3. The van der Waals surface area contributed by atoms with E-state index in [0.717, 1.165) is 42.4 Å². The molecule has 2 atom stereocenters. The van der Waals surface area contributed by atoms with E-state index in [-0.39, 0.29) is 5.91 Å². The number of hydrogen-bond acceptors (Lipinski definition) is 3. The Hall–Kier alpha value is -2.04. The van der Waals surface area contributed by atoms with Crippen molar-refractivity contribution in [2.45, 2.75) is 65.0 Å². The van der Waals surface area contributed by atoms with Gasteiger partial charge in [-0.1, -0.05) is 20.8 Å². The van der Waals surface area contributed by atoms with Crippen molar-refractivity contribution in [2.24, 2.45) is 11.8 Å². The second-order valence-corrected chi connectivity index (χ2v) is 8.16. The Labute approximate surface area is 148 Å². The predicted molar refractivity (Wildman–Crippen MR) is 95.3 cm³/mol. The Morgan fingerprint density at radius 2 is 2.16 bits per heavy atom. The summed E-state index contributed by atoms with van der Waals surface area (Å²) in [6, 6.07) is 6.33. The molecule has 2 aliphatic carbocycles. The summed E-state index contributed by atoms with van der Waals surface area (Å²) in [5.41, 5.74) is 1.54. The van der Waals surface area contributed by atoms with Gasteiger partial charge in [0.2, 0.25) is 0 Å². The van der Waals surface area contributed by atoms with Gasteiger partial charge in [0.1, 0.15) is 17.2 Å². The van der Waals surface area contributed by atoms with Crippen LogP contribution in [0.1, 0.15) is 73.7 Å². The number of aromatic nitrogens is 2. The van der Waals surface area contributed by atoms with Crippen LogP contribution in [0.15, 0.2) is 22.6 Å². The molecular weight excluding hydrogens is 314 g/mol. The highest BCUT2D eigenvalue weighted by molar-refractivity contribution is 5.92. The van der Waals surface area contributed by atoms with Gasteiger partial charge in [0.15, 0.2) is 0 Å². The molecule has 5 nitrogen and oxygen atoms in total. The number of carbonyl (C=O) groups is 1. The van der Waals surface area contributed by atoms with Crippen LogP contribution in [0.2, 0.25) is 0 Å². The molecule has 0 aromatic carbocycles. The van der Waals surface area contributed by atoms with Gasteiger partial charge in [-0.3, -0.25) is 9.89 Å². The summed E-state index contributed by atoms with van der Waals surface area (Å²) in [7, 11) is 0. The van der Waals surface area contributed by atoms with E-state index >= 15 is 0 Å². The molecule has 2 heterocycles. The first-order chi connectivity index (χ1) is 12.0. The number of rotatable bonds is 7. The maximum Gasteiger partial charge on any atom is 0.275 e. The first-order valence-electron chi connectivity index (χ1n) is 9.45. The molecule has 2 unspecified atom stereocenters. The third kappa shape index (κ3) is 3.65. The second-order valence-electron chi connectivity index (χ2n) is 8.16.